The van der Waals surface area contributed by atoms with Crippen molar-refractivity contribution in [3.8, 4) is 0 Å². The molecule has 1 saturated heterocycles. The Morgan fingerprint density at radius 1 is 1.39 bits per heavy atom. The molecule has 2 fully saturated rings. The first kappa shape index (κ1) is 13.8. The molecule has 2 rings (SSSR count). The number of piperidine rings is 1. The van der Waals surface area contributed by atoms with Crippen LogP contribution >= 0.6 is 0 Å². The Labute approximate surface area is 110 Å². The standard InChI is InChI=1S/C14H27N3O/c1-16-8-4-12(5-9-16)17(2)13(18)10-14(11-15)6-3-7-14/h12H,3-11,15H2,1-2H3. The predicted molar refractivity (Wildman–Crippen MR) is 73.2 cm³/mol. The fraction of sp³-hybridized carbons (Fsp3) is 0.929. The Morgan fingerprint density at radius 3 is 2.44 bits per heavy atom. The van der Waals surface area contributed by atoms with Crippen LogP contribution in [-0.2, 0) is 4.79 Å². The van der Waals surface area contributed by atoms with Crippen molar-refractivity contribution < 1.29 is 4.79 Å². The molecule has 2 N–H and O–H groups in total. The number of carbonyl (C=O) groups excluding carboxylic acids is 1. The van der Waals surface area contributed by atoms with Gasteiger partial charge in [0.25, 0.3) is 0 Å². The molecule has 0 unspecified atom stereocenters. The van der Waals surface area contributed by atoms with Gasteiger partial charge in [-0.15, -0.1) is 0 Å². The minimum Gasteiger partial charge on any atom is -0.343 e. The smallest absolute Gasteiger partial charge is 0.223 e. The van der Waals surface area contributed by atoms with Crippen LogP contribution in [0.4, 0.5) is 0 Å². The lowest BCUT2D eigenvalue weighted by Gasteiger charge is -2.42. The average Bonchev–Trinajstić information content (AvgIpc) is 2.33. The maximum Gasteiger partial charge on any atom is 0.223 e. The number of likely N-dealkylation sites (tertiary alicyclic amines) is 1. The van der Waals surface area contributed by atoms with Crippen LogP contribution in [0.1, 0.15) is 38.5 Å². The van der Waals surface area contributed by atoms with E-state index in [1.807, 2.05) is 11.9 Å². The highest BCUT2D eigenvalue weighted by atomic mass is 16.2. The van der Waals surface area contributed by atoms with Gasteiger partial charge in [0.1, 0.15) is 0 Å². The summed E-state index contributed by atoms with van der Waals surface area (Å²) < 4.78 is 0. The molecular formula is C14H27N3O. The quantitative estimate of drug-likeness (QED) is 0.815. The van der Waals surface area contributed by atoms with Crippen molar-refractivity contribution in [3.63, 3.8) is 0 Å². The van der Waals surface area contributed by atoms with Crippen LogP contribution in [0.2, 0.25) is 0 Å². The van der Waals surface area contributed by atoms with Gasteiger partial charge in [0, 0.05) is 19.5 Å². The van der Waals surface area contributed by atoms with Crippen molar-refractivity contribution >= 4 is 5.91 Å². The minimum atomic E-state index is 0.136. The van der Waals surface area contributed by atoms with E-state index >= 15 is 0 Å². The molecule has 0 radical (unpaired) electrons. The van der Waals surface area contributed by atoms with E-state index in [1.165, 1.54) is 6.42 Å². The van der Waals surface area contributed by atoms with Crippen LogP contribution in [0.3, 0.4) is 0 Å². The average molecular weight is 253 g/mol. The van der Waals surface area contributed by atoms with Gasteiger partial charge in [0.2, 0.25) is 5.91 Å². The molecule has 1 saturated carbocycles. The molecule has 1 heterocycles. The van der Waals surface area contributed by atoms with E-state index in [0.29, 0.717) is 24.9 Å². The highest BCUT2D eigenvalue weighted by molar-refractivity contribution is 5.77. The molecule has 0 aromatic carbocycles. The van der Waals surface area contributed by atoms with Gasteiger partial charge in [-0.2, -0.15) is 0 Å². The SMILES string of the molecule is CN1CCC(N(C)C(=O)CC2(CN)CCC2)CC1. The Kier molecular flexibility index (Phi) is 4.28. The van der Waals surface area contributed by atoms with Crippen LogP contribution in [0.25, 0.3) is 0 Å². The number of hydrogen-bond acceptors (Lipinski definition) is 3. The third-order valence-corrected chi connectivity index (χ3v) is 5.00. The lowest BCUT2D eigenvalue weighted by molar-refractivity contribution is -0.136. The Hall–Kier alpha value is -0.610. The zero-order valence-electron chi connectivity index (χ0n) is 11.8. The van der Waals surface area contributed by atoms with Crippen LogP contribution in [0, 0.1) is 5.41 Å². The lowest BCUT2D eigenvalue weighted by atomic mass is 9.66. The Balaban J connectivity index is 1.84. The van der Waals surface area contributed by atoms with Crippen LogP contribution < -0.4 is 5.73 Å². The molecule has 0 bridgehead atoms. The second-order valence-electron chi connectivity index (χ2n) is 6.27. The first-order valence-electron chi connectivity index (χ1n) is 7.21. The number of rotatable bonds is 4. The summed E-state index contributed by atoms with van der Waals surface area (Å²) in [6, 6.07) is 0.434. The van der Waals surface area contributed by atoms with Crippen LogP contribution in [0.15, 0.2) is 0 Å². The summed E-state index contributed by atoms with van der Waals surface area (Å²) in [7, 11) is 4.12. The normalized spacial score (nSPS) is 24.6. The number of nitrogens with two attached hydrogens (primary N) is 1. The van der Waals surface area contributed by atoms with Crippen molar-refractivity contribution in [2.75, 3.05) is 33.7 Å². The molecule has 0 atom stereocenters. The molecule has 0 aromatic rings. The topological polar surface area (TPSA) is 49.6 Å². The third-order valence-electron chi connectivity index (χ3n) is 5.00. The molecule has 2 aliphatic rings. The minimum absolute atomic E-state index is 0.136. The maximum absolute atomic E-state index is 12.3. The number of amides is 1. The zero-order chi connectivity index (χ0) is 13.2. The highest BCUT2D eigenvalue weighted by Crippen LogP contribution is 2.43. The van der Waals surface area contributed by atoms with Gasteiger partial charge in [0.05, 0.1) is 0 Å². The van der Waals surface area contributed by atoms with Crippen molar-refractivity contribution in [1.82, 2.24) is 9.80 Å². The summed E-state index contributed by atoms with van der Waals surface area (Å²) >= 11 is 0. The van der Waals surface area contributed by atoms with E-state index in [2.05, 4.69) is 11.9 Å². The summed E-state index contributed by atoms with van der Waals surface area (Å²) in [6.45, 7) is 2.87. The first-order valence-corrected chi connectivity index (χ1v) is 7.21. The molecule has 18 heavy (non-hydrogen) atoms. The highest BCUT2D eigenvalue weighted by Gasteiger charge is 2.39. The molecule has 104 valence electrons. The molecule has 4 heteroatoms. The number of nitrogens with zero attached hydrogens (tertiary/aromatic N) is 2. The second kappa shape index (κ2) is 5.57. The van der Waals surface area contributed by atoms with E-state index in [-0.39, 0.29) is 5.41 Å². The summed E-state index contributed by atoms with van der Waals surface area (Å²) in [5.41, 5.74) is 5.97. The molecule has 1 aliphatic carbocycles. The molecule has 1 amide bonds. The molecule has 4 nitrogen and oxygen atoms in total. The van der Waals surface area contributed by atoms with Crippen LogP contribution in [0.5, 0.6) is 0 Å². The zero-order valence-corrected chi connectivity index (χ0v) is 11.8. The largest absolute Gasteiger partial charge is 0.343 e. The summed E-state index contributed by atoms with van der Waals surface area (Å²) in [4.78, 5) is 16.7. The molecule has 1 aliphatic heterocycles. The Bertz CT molecular complexity index is 288. The van der Waals surface area contributed by atoms with Crippen molar-refractivity contribution in [2.45, 2.75) is 44.6 Å². The van der Waals surface area contributed by atoms with Crippen molar-refractivity contribution in [1.29, 1.82) is 0 Å². The van der Waals surface area contributed by atoms with Crippen molar-refractivity contribution in [2.24, 2.45) is 11.1 Å². The second-order valence-corrected chi connectivity index (χ2v) is 6.27. The lowest BCUT2D eigenvalue weighted by Crippen LogP contribution is -2.48. The van der Waals surface area contributed by atoms with Gasteiger partial charge in [-0.3, -0.25) is 4.79 Å². The van der Waals surface area contributed by atoms with E-state index in [1.54, 1.807) is 0 Å². The fourth-order valence-electron chi connectivity index (χ4n) is 3.16. The van der Waals surface area contributed by atoms with Gasteiger partial charge in [0.15, 0.2) is 0 Å². The number of hydrogen-bond donors (Lipinski definition) is 1. The molecule has 0 aromatic heterocycles. The maximum atomic E-state index is 12.3. The summed E-state index contributed by atoms with van der Waals surface area (Å²) in [6.07, 6.45) is 6.38. The fourth-order valence-corrected chi connectivity index (χ4v) is 3.16. The monoisotopic (exact) mass is 253 g/mol. The third kappa shape index (κ3) is 2.86. The molecular weight excluding hydrogens is 226 g/mol. The van der Waals surface area contributed by atoms with Gasteiger partial charge >= 0.3 is 0 Å². The van der Waals surface area contributed by atoms with Gasteiger partial charge in [-0.1, -0.05) is 6.42 Å². The van der Waals surface area contributed by atoms with Gasteiger partial charge in [-0.25, -0.2) is 0 Å². The van der Waals surface area contributed by atoms with Gasteiger partial charge < -0.3 is 15.5 Å². The number of carbonyl (C=O) groups is 1. The van der Waals surface area contributed by atoms with Crippen LogP contribution in [-0.4, -0.2) is 55.5 Å². The van der Waals surface area contributed by atoms with E-state index in [0.717, 1.165) is 38.8 Å². The van der Waals surface area contributed by atoms with Gasteiger partial charge in [-0.05, 0) is 57.8 Å². The Morgan fingerprint density at radius 2 is 2.00 bits per heavy atom. The summed E-state index contributed by atoms with van der Waals surface area (Å²) in [5, 5.41) is 0. The predicted octanol–water partition coefficient (Wildman–Crippen LogP) is 1.06. The van der Waals surface area contributed by atoms with Crippen molar-refractivity contribution in [3.05, 3.63) is 0 Å². The summed E-state index contributed by atoms with van der Waals surface area (Å²) in [5.74, 6) is 0.301. The van der Waals surface area contributed by atoms with E-state index in [9.17, 15) is 4.79 Å². The first-order chi connectivity index (χ1) is 8.56. The molecule has 0 spiro atoms. The van der Waals surface area contributed by atoms with E-state index in [4.69, 9.17) is 5.73 Å². The van der Waals surface area contributed by atoms with E-state index < -0.39 is 0 Å².